The van der Waals surface area contributed by atoms with Gasteiger partial charge in [-0.1, -0.05) is 30.3 Å². The van der Waals surface area contributed by atoms with Crippen molar-refractivity contribution >= 4 is 41.3 Å². The van der Waals surface area contributed by atoms with Gasteiger partial charge in [0.05, 0.1) is 17.2 Å². The van der Waals surface area contributed by atoms with Gasteiger partial charge in [0.2, 0.25) is 0 Å². The molecule has 0 saturated heterocycles. The van der Waals surface area contributed by atoms with Crippen molar-refractivity contribution < 1.29 is 0 Å². The molecule has 0 aliphatic carbocycles. The Morgan fingerprint density at radius 3 is 2.52 bits per heavy atom. The van der Waals surface area contributed by atoms with Gasteiger partial charge in [0.15, 0.2) is 5.96 Å². The predicted octanol–water partition coefficient (Wildman–Crippen LogP) is 3.68. The van der Waals surface area contributed by atoms with Gasteiger partial charge in [-0.25, -0.2) is 9.98 Å². The van der Waals surface area contributed by atoms with Crippen LogP contribution >= 0.6 is 35.3 Å². The number of thiazole rings is 1. The molecule has 0 saturated carbocycles. The summed E-state index contributed by atoms with van der Waals surface area (Å²) >= 11 is 1.78. The lowest BCUT2D eigenvalue weighted by atomic mass is 10.2. The van der Waals surface area contributed by atoms with E-state index in [1.54, 1.807) is 11.3 Å². The normalized spacial score (nSPS) is 11.0. The molecule has 23 heavy (non-hydrogen) atoms. The molecule has 4 nitrogen and oxygen atoms in total. The summed E-state index contributed by atoms with van der Waals surface area (Å²) in [6, 6.07) is 10.3. The molecule has 0 amide bonds. The number of nitrogens with zero attached hydrogens (tertiary/aromatic N) is 2. The number of aromatic nitrogens is 1. The van der Waals surface area contributed by atoms with Crippen LogP contribution in [0.2, 0.25) is 0 Å². The van der Waals surface area contributed by atoms with E-state index in [-0.39, 0.29) is 24.0 Å². The van der Waals surface area contributed by atoms with Crippen LogP contribution in [0.3, 0.4) is 0 Å². The molecule has 0 aliphatic rings. The van der Waals surface area contributed by atoms with Crippen LogP contribution < -0.4 is 10.6 Å². The number of aliphatic imine (C=N–C) groups is 1. The molecule has 0 aliphatic heterocycles. The van der Waals surface area contributed by atoms with Crippen LogP contribution in [0.5, 0.6) is 0 Å². The van der Waals surface area contributed by atoms with Crippen molar-refractivity contribution in [2.75, 3.05) is 13.1 Å². The first-order valence-electron chi connectivity index (χ1n) is 7.68. The summed E-state index contributed by atoms with van der Waals surface area (Å²) < 4.78 is 0. The van der Waals surface area contributed by atoms with Gasteiger partial charge in [-0.05, 0) is 26.3 Å². The standard InChI is InChI=1S/C17H24N4S.HI/c1-4-18-17(20-12-15-8-6-5-7-9-15)19-11-10-16-13(2)21-14(3)22-16;/h5-9H,4,10-12H2,1-3H3,(H2,18,19,20);1H. The fourth-order valence-corrected chi connectivity index (χ4v) is 3.13. The predicted molar refractivity (Wildman–Crippen MR) is 110 cm³/mol. The van der Waals surface area contributed by atoms with Gasteiger partial charge in [-0.3, -0.25) is 0 Å². The largest absolute Gasteiger partial charge is 0.357 e. The van der Waals surface area contributed by atoms with Crippen LogP contribution in [0.15, 0.2) is 35.3 Å². The molecule has 1 aromatic heterocycles. The Kier molecular flexibility index (Phi) is 9.16. The van der Waals surface area contributed by atoms with Gasteiger partial charge in [-0.2, -0.15) is 0 Å². The van der Waals surface area contributed by atoms with Gasteiger partial charge in [-0.15, -0.1) is 35.3 Å². The SMILES string of the molecule is CCNC(=NCc1ccccc1)NCCc1sc(C)nc1C.I. The van der Waals surface area contributed by atoms with Crippen LogP contribution in [0.1, 0.15) is 28.1 Å². The lowest BCUT2D eigenvalue weighted by molar-refractivity contribution is 0.801. The Bertz CT molecular complexity index is 610. The number of hydrogen-bond acceptors (Lipinski definition) is 3. The van der Waals surface area contributed by atoms with Crippen LogP contribution in [-0.2, 0) is 13.0 Å². The molecule has 2 N–H and O–H groups in total. The summed E-state index contributed by atoms with van der Waals surface area (Å²) in [4.78, 5) is 10.4. The monoisotopic (exact) mass is 444 g/mol. The van der Waals surface area contributed by atoms with E-state index in [0.717, 1.165) is 36.2 Å². The van der Waals surface area contributed by atoms with Gasteiger partial charge in [0.1, 0.15) is 0 Å². The van der Waals surface area contributed by atoms with Gasteiger partial charge < -0.3 is 10.6 Å². The minimum Gasteiger partial charge on any atom is -0.357 e. The molecule has 2 aromatic rings. The van der Waals surface area contributed by atoms with E-state index in [1.807, 2.05) is 18.2 Å². The van der Waals surface area contributed by atoms with Gasteiger partial charge in [0, 0.05) is 24.4 Å². The van der Waals surface area contributed by atoms with Crippen LogP contribution in [0.4, 0.5) is 0 Å². The maximum atomic E-state index is 4.62. The summed E-state index contributed by atoms with van der Waals surface area (Å²) in [5, 5.41) is 7.82. The first kappa shape index (κ1) is 19.9. The molecule has 0 bridgehead atoms. The average molecular weight is 444 g/mol. The third-order valence-corrected chi connectivity index (χ3v) is 4.38. The van der Waals surface area contributed by atoms with E-state index in [4.69, 9.17) is 0 Å². The van der Waals surface area contributed by atoms with E-state index in [9.17, 15) is 0 Å². The highest BCUT2D eigenvalue weighted by atomic mass is 127. The van der Waals surface area contributed by atoms with Crippen molar-refractivity contribution in [3.05, 3.63) is 51.5 Å². The highest BCUT2D eigenvalue weighted by Crippen LogP contribution is 2.16. The third-order valence-electron chi connectivity index (χ3n) is 3.25. The molecule has 1 heterocycles. The summed E-state index contributed by atoms with van der Waals surface area (Å²) in [5.41, 5.74) is 2.36. The zero-order chi connectivity index (χ0) is 15.8. The van der Waals surface area contributed by atoms with Crippen LogP contribution in [-0.4, -0.2) is 24.0 Å². The van der Waals surface area contributed by atoms with Crippen LogP contribution in [0, 0.1) is 13.8 Å². The topological polar surface area (TPSA) is 49.3 Å². The van der Waals surface area contributed by atoms with E-state index in [2.05, 4.69) is 53.5 Å². The number of benzene rings is 1. The van der Waals surface area contributed by atoms with E-state index in [0.29, 0.717) is 6.54 Å². The molecule has 0 spiro atoms. The quantitative estimate of drug-likeness (QED) is 0.406. The number of nitrogens with one attached hydrogen (secondary N) is 2. The van der Waals surface area contributed by atoms with Gasteiger partial charge >= 0.3 is 0 Å². The summed E-state index contributed by atoms with van der Waals surface area (Å²) in [7, 11) is 0. The number of hydrogen-bond donors (Lipinski definition) is 2. The lowest BCUT2D eigenvalue weighted by Crippen LogP contribution is -2.38. The Morgan fingerprint density at radius 1 is 1.17 bits per heavy atom. The highest BCUT2D eigenvalue weighted by Gasteiger charge is 2.05. The fourth-order valence-electron chi connectivity index (χ4n) is 2.20. The number of rotatable bonds is 6. The molecule has 126 valence electrons. The molecule has 2 rings (SSSR count). The van der Waals surface area contributed by atoms with Crippen LogP contribution in [0.25, 0.3) is 0 Å². The average Bonchev–Trinajstić information content (AvgIpc) is 2.84. The summed E-state index contributed by atoms with van der Waals surface area (Å²) in [6.07, 6.45) is 0.979. The smallest absolute Gasteiger partial charge is 0.191 e. The first-order chi connectivity index (χ1) is 10.7. The number of halogens is 1. The maximum Gasteiger partial charge on any atom is 0.191 e. The van der Waals surface area contributed by atoms with Crippen molar-refractivity contribution in [3.63, 3.8) is 0 Å². The Morgan fingerprint density at radius 2 is 1.91 bits per heavy atom. The Balaban J connectivity index is 0.00000264. The minimum absolute atomic E-state index is 0. The number of aryl methyl sites for hydroxylation is 2. The minimum atomic E-state index is 0. The van der Waals surface area contributed by atoms with E-state index >= 15 is 0 Å². The number of guanidine groups is 1. The zero-order valence-electron chi connectivity index (χ0n) is 13.9. The molecule has 0 unspecified atom stereocenters. The molecule has 6 heteroatoms. The second-order valence-corrected chi connectivity index (χ2v) is 6.39. The molecule has 1 aromatic carbocycles. The third kappa shape index (κ3) is 6.87. The molecule has 0 fully saturated rings. The van der Waals surface area contributed by atoms with Crippen molar-refractivity contribution in [1.29, 1.82) is 0 Å². The van der Waals surface area contributed by atoms with E-state index < -0.39 is 0 Å². The highest BCUT2D eigenvalue weighted by molar-refractivity contribution is 14.0. The lowest BCUT2D eigenvalue weighted by Gasteiger charge is -2.11. The Hall–Kier alpha value is -1.15. The second kappa shape index (κ2) is 10.6. The van der Waals surface area contributed by atoms with Crippen molar-refractivity contribution in [3.8, 4) is 0 Å². The van der Waals surface area contributed by atoms with Crippen molar-refractivity contribution in [1.82, 2.24) is 15.6 Å². The second-order valence-electron chi connectivity index (χ2n) is 5.10. The fraction of sp³-hybridized carbons (Fsp3) is 0.412. The molecular formula is C17H25IN4S. The summed E-state index contributed by atoms with van der Waals surface area (Å²) in [5.74, 6) is 0.866. The van der Waals surface area contributed by atoms with Gasteiger partial charge in [0.25, 0.3) is 0 Å². The molecular weight excluding hydrogens is 419 g/mol. The first-order valence-corrected chi connectivity index (χ1v) is 8.49. The van der Waals surface area contributed by atoms with Crippen molar-refractivity contribution in [2.24, 2.45) is 4.99 Å². The van der Waals surface area contributed by atoms with Crippen molar-refractivity contribution in [2.45, 2.75) is 33.7 Å². The summed E-state index contributed by atoms with van der Waals surface area (Å²) in [6.45, 7) is 8.63. The zero-order valence-corrected chi connectivity index (χ0v) is 17.1. The molecule has 0 radical (unpaired) electrons. The van der Waals surface area contributed by atoms with E-state index in [1.165, 1.54) is 10.4 Å². The maximum absolute atomic E-state index is 4.62. The molecule has 0 atom stereocenters. The Labute approximate surface area is 159 Å².